The summed E-state index contributed by atoms with van der Waals surface area (Å²) >= 11 is 0. The van der Waals surface area contributed by atoms with Crippen LogP contribution in [0.3, 0.4) is 0 Å². The molecule has 158 valence electrons. The Hall–Kier alpha value is -3.46. The second-order valence-electron chi connectivity index (χ2n) is 7.32. The lowest BCUT2D eigenvalue weighted by atomic mass is 9.98. The number of nitriles is 1. The van der Waals surface area contributed by atoms with E-state index in [9.17, 15) is 10.1 Å². The van der Waals surface area contributed by atoms with E-state index in [0.29, 0.717) is 17.4 Å². The number of carbonyl (C=O) groups is 1. The number of benzene rings is 2. The fourth-order valence-corrected chi connectivity index (χ4v) is 3.14. The molecule has 0 spiro atoms. The molecule has 0 fully saturated rings. The van der Waals surface area contributed by atoms with Crippen molar-refractivity contribution < 1.29 is 14.3 Å². The van der Waals surface area contributed by atoms with Gasteiger partial charge in [-0.05, 0) is 48.6 Å². The minimum absolute atomic E-state index is 0.000265. The number of nitrogens with one attached hydrogen (secondary N) is 2. The van der Waals surface area contributed by atoms with Crippen LogP contribution in [0.4, 0.5) is 5.69 Å². The van der Waals surface area contributed by atoms with Gasteiger partial charge in [0.1, 0.15) is 11.6 Å². The van der Waals surface area contributed by atoms with Crippen LogP contribution in [0.25, 0.3) is 0 Å². The van der Waals surface area contributed by atoms with E-state index in [-0.39, 0.29) is 11.6 Å². The zero-order chi connectivity index (χ0) is 22.3. The molecule has 2 aromatic carbocycles. The highest BCUT2D eigenvalue weighted by molar-refractivity contribution is 5.97. The van der Waals surface area contributed by atoms with Gasteiger partial charge in [-0.2, -0.15) is 5.26 Å². The molecule has 1 unspecified atom stereocenters. The van der Waals surface area contributed by atoms with Gasteiger partial charge in [0.15, 0.2) is 11.5 Å². The number of aryl methyl sites for hydroxylation is 1. The van der Waals surface area contributed by atoms with Crippen molar-refractivity contribution in [2.24, 2.45) is 0 Å². The van der Waals surface area contributed by atoms with Crippen LogP contribution in [0, 0.1) is 18.3 Å². The molecule has 30 heavy (non-hydrogen) atoms. The Bertz CT molecular complexity index is 974. The number of rotatable bonds is 8. The summed E-state index contributed by atoms with van der Waals surface area (Å²) in [4.78, 5) is 12.7. The van der Waals surface area contributed by atoms with Crippen LogP contribution < -0.4 is 20.1 Å². The van der Waals surface area contributed by atoms with Gasteiger partial charge in [-0.25, -0.2) is 0 Å². The van der Waals surface area contributed by atoms with Crippen LogP contribution in [-0.4, -0.2) is 20.1 Å². The first-order valence-corrected chi connectivity index (χ1v) is 9.81. The highest BCUT2D eigenvalue weighted by atomic mass is 16.5. The first kappa shape index (κ1) is 22.8. The third-order valence-electron chi connectivity index (χ3n) is 4.91. The van der Waals surface area contributed by atoms with E-state index in [2.05, 4.69) is 24.5 Å². The minimum Gasteiger partial charge on any atom is -0.493 e. The second kappa shape index (κ2) is 10.4. The van der Waals surface area contributed by atoms with E-state index in [4.69, 9.17) is 9.47 Å². The van der Waals surface area contributed by atoms with Crippen molar-refractivity contribution >= 4 is 11.6 Å². The Morgan fingerprint density at radius 3 is 2.40 bits per heavy atom. The van der Waals surface area contributed by atoms with Gasteiger partial charge in [0.05, 0.1) is 20.3 Å². The van der Waals surface area contributed by atoms with Gasteiger partial charge < -0.3 is 20.1 Å². The molecule has 0 heterocycles. The van der Waals surface area contributed by atoms with Crippen LogP contribution in [0.1, 0.15) is 49.4 Å². The van der Waals surface area contributed by atoms with Gasteiger partial charge in [-0.15, -0.1) is 0 Å². The number of hydrogen-bond donors (Lipinski definition) is 2. The number of carbonyl (C=O) groups excluding carboxylic acids is 1. The molecule has 2 rings (SSSR count). The number of anilines is 1. The lowest BCUT2D eigenvalue weighted by molar-refractivity contribution is -0.117. The molecular formula is C24H29N3O3. The summed E-state index contributed by atoms with van der Waals surface area (Å²) in [6.07, 6.45) is 1.46. The molecule has 0 radical (unpaired) electrons. The van der Waals surface area contributed by atoms with E-state index in [0.717, 1.165) is 22.4 Å². The first-order chi connectivity index (χ1) is 14.3. The minimum atomic E-state index is -0.452. The summed E-state index contributed by atoms with van der Waals surface area (Å²) in [7, 11) is 3.13. The van der Waals surface area contributed by atoms with Crippen LogP contribution in [0.5, 0.6) is 11.5 Å². The lowest BCUT2D eigenvalue weighted by Gasteiger charge is -2.17. The molecule has 0 saturated carbocycles. The van der Waals surface area contributed by atoms with Crippen molar-refractivity contribution in [3.8, 4) is 17.6 Å². The summed E-state index contributed by atoms with van der Waals surface area (Å²) in [6.45, 7) is 8.05. The highest BCUT2D eigenvalue weighted by Crippen LogP contribution is 2.30. The fourth-order valence-electron chi connectivity index (χ4n) is 3.14. The average Bonchev–Trinajstić information content (AvgIpc) is 2.74. The summed E-state index contributed by atoms with van der Waals surface area (Å²) in [5.41, 5.74) is 3.94. The Morgan fingerprint density at radius 2 is 1.80 bits per heavy atom. The van der Waals surface area contributed by atoms with Crippen LogP contribution >= 0.6 is 0 Å². The van der Waals surface area contributed by atoms with E-state index < -0.39 is 5.91 Å². The predicted molar refractivity (Wildman–Crippen MR) is 119 cm³/mol. The summed E-state index contributed by atoms with van der Waals surface area (Å²) in [5, 5.41) is 15.5. The first-order valence-electron chi connectivity index (χ1n) is 9.81. The Balaban J connectivity index is 2.18. The lowest BCUT2D eigenvalue weighted by Crippen LogP contribution is -2.28. The molecule has 0 aromatic heterocycles. The average molecular weight is 408 g/mol. The summed E-state index contributed by atoms with van der Waals surface area (Å²) < 4.78 is 10.6. The molecule has 0 aliphatic carbocycles. The van der Waals surface area contributed by atoms with E-state index >= 15 is 0 Å². The van der Waals surface area contributed by atoms with Gasteiger partial charge >= 0.3 is 0 Å². The monoisotopic (exact) mass is 407 g/mol. The maximum absolute atomic E-state index is 12.7. The predicted octanol–water partition coefficient (Wildman–Crippen LogP) is 4.83. The molecule has 2 aromatic rings. The van der Waals surface area contributed by atoms with Crippen molar-refractivity contribution in [3.63, 3.8) is 0 Å². The topological polar surface area (TPSA) is 83.4 Å². The Morgan fingerprint density at radius 1 is 1.10 bits per heavy atom. The summed E-state index contributed by atoms with van der Waals surface area (Å²) in [6, 6.07) is 13.1. The SMILES string of the molecule is COc1ccc(C(C)NC(=O)/C(C#N)=C\Nc2c(C)cccc2C(C)C)cc1OC. The molecular weight excluding hydrogens is 378 g/mol. The molecule has 1 amide bonds. The van der Waals surface area contributed by atoms with Gasteiger partial charge in [0, 0.05) is 11.9 Å². The summed E-state index contributed by atoms with van der Waals surface area (Å²) in [5.74, 6) is 1.05. The van der Waals surface area contributed by atoms with Crippen molar-refractivity contribution in [3.05, 3.63) is 64.9 Å². The molecule has 1 atom stereocenters. The molecule has 6 nitrogen and oxygen atoms in total. The molecule has 2 N–H and O–H groups in total. The van der Waals surface area contributed by atoms with Gasteiger partial charge in [-0.1, -0.05) is 38.1 Å². The fraction of sp³-hybridized carbons (Fsp3) is 0.333. The molecule has 0 bridgehead atoms. The Labute approximate surface area is 178 Å². The molecule has 0 aliphatic rings. The number of methoxy groups -OCH3 is 2. The van der Waals surface area contributed by atoms with Crippen molar-refractivity contribution in [2.75, 3.05) is 19.5 Å². The van der Waals surface area contributed by atoms with Crippen molar-refractivity contribution in [1.29, 1.82) is 5.26 Å². The molecule has 0 aliphatic heterocycles. The van der Waals surface area contributed by atoms with Crippen molar-refractivity contribution in [2.45, 2.75) is 39.7 Å². The Kier molecular flexibility index (Phi) is 7.88. The van der Waals surface area contributed by atoms with Gasteiger partial charge in [0.25, 0.3) is 5.91 Å². The smallest absolute Gasteiger partial charge is 0.263 e. The zero-order valence-corrected chi connectivity index (χ0v) is 18.4. The quantitative estimate of drug-likeness (QED) is 0.484. The van der Waals surface area contributed by atoms with Gasteiger partial charge in [-0.3, -0.25) is 4.79 Å². The van der Waals surface area contributed by atoms with E-state index in [1.807, 2.05) is 44.2 Å². The van der Waals surface area contributed by atoms with Crippen LogP contribution in [0.2, 0.25) is 0 Å². The number of para-hydroxylation sites is 1. The number of nitrogens with zero attached hydrogens (tertiary/aromatic N) is 1. The normalized spacial score (nSPS) is 12.1. The molecule has 0 saturated heterocycles. The number of ether oxygens (including phenoxy) is 2. The van der Waals surface area contributed by atoms with Crippen LogP contribution in [-0.2, 0) is 4.79 Å². The van der Waals surface area contributed by atoms with E-state index in [1.165, 1.54) is 6.20 Å². The third kappa shape index (κ3) is 5.32. The van der Waals surface area contributed by atoms with Crippen molar-refractivity contribution in [1.82, 2.24) is 5.32 Å². The van der Waals surface area contributed by atoms with Gasteiger partial charge in [0.2, 0.25) is 0 Å². The third-order valence-corrected chi connectivity index (χ3v) is 4.91. The van der Waals surface area contributed by atoms with Crippen LogP contribution in [0.15, 0.2) is 48.2 Å². The maximum Gasteiger partial charge on any atom is 0.263 e. The standard InChI is InChI=1S/C24H29N3O3/c1-15(2)20-9-7-8-16(3)23(20)26-14-19(13-25)24(28)27-17(4)18-10-11-21(29-5)22(12-18)30-6/h7-12,14-15,17,26H,1-6H3,(H,27,28)/b19-14-. The second-order valence-corrected chi connectivity index (χ2v) is 7.32. The molecule has 6 heteroatoms. The number of amides is 1. The zero-order valence-electron chi connectivity index (χ0n) is 18.4. The largest absolute Gasteiger partial charge is 0.493 e. The number of hydrogen-bond acceptors (Lipinski definition) is 5. The maximum atomic E-state index is 12.7. The highest BCUT2D eigenvalue weighted by Gasteiger charge is 2.16. The van der Waals surface area contributed by atoms with E-state index in [1.54, 1.807) is 26.4 Å².